The molecule has 0 aliphatic rings. The highest BCUT2D eigenvalue weighted by atomic mass is 79.9. The number of aryl methyl sites for hydroxylation is 2. The lowest BCUT2D eigenvalue weighted by Gasteiger charge is -2.12. The Labute approximate surface area is 132 Å². The van der Waals surface area contributed by atoms with Gasteiger partial charge in [-0.15, -0.1) is 0 Å². The average Bonchev–Trinajstić information content (AvgIpc) is 2.42. The number of anilines is 1. The van der Waals surface area contributed by atoms with Crippen LogP contribution in [0.15, 0.2) is 45.8 Å². The van der Waals surface area contributed by atoms with E-state index >= 15 is 0 Å². The van der Waals surface area contributed by atoms with Gasteiger partial charge in [0.2, 0.25) is 0 Å². The zero-order valence-corrected chi connectivity index (χ0v) is 13.9. The van der Waals surface area contributed by atoms with Crippen molar-refractivity contribution in [3.63, 3.8) is 0 Å². The second kappa shape index (κ2) is 5.88. The first kappa shape index (κ1) is 15.5. The van der Waals surface area contributed by atoms with E-state index in [1.165, 1.54) is 12.1 Å². The molecule has 0 aromatic heterocycles. The second-order valence-corrected chi connectivity index (χ2v) is 7.19. The maximum Gasteiger partial charge on any atom is 0.262 e. The zero-order valence-electron chi connectivity index (χ0n) is 11.5. The molecule has 108 valence electrons. The Hall–Kier alpha value is -1.84. The minimum atomic E-state index is -3.70. The Morgan fingerprint density at radius 3 is 2.48 bits per heavy atom. The third-order valence-corrected chi connectivity index (χ3v) is 5.18. The fourth-order valence-electron chi connectivity index (χ4n) is 1.94. The fourth-order valence-corrected chi connectivity index (χ4v) is 3.71. The average molecular weight is 365 g/mol. The van der Waals surface area contributed by atoms with Crippen LogP contribution in [0.4, 0.5) is 5.69 Å². The first-order valence-corrected chi connectivity index (χ1v) is 8.41. The molecule has 0 spiro atoms. The first-order valence-electron chi connectivity index (χ1n) is 6.13. The molecule has 1 N–H and O–H groups in total. The van der Waals surface area contributed by atoms with Gasteiger partial charge in [0, 0.05) is 4.47 Å². The molecule has 0 heterocycles. The van der Waals surface area contributed by atoms with Crippen molar-refractivity contribution in [3.8, 4) is 6.07 Å². The summed E-state index contributed by atoms with van der Waals surface area (Å²) >= 11 is 3.33. The molecule has 21 heavy (non-hydrogen) atoms. The minimum Gasteiger partial charge on any atom is -0.278 e. The molecule has 2 rings (SSSR count). The van der Waals surface area contributed by atoms with Gasteiger partial charge in [0.15, 0.2) is 0 Å². The van der Waals surface area contributed by atoms with Gasteiger partial charge in [-0.25, -0.2) is 8.42 Å². The number of sulfonamides is 1. The maximum atomic E-state index is 12.5. The van der Waals surface area contributed by atoms with Crippen LogP contribution in [0.3, 0.4) is 0 Å². The van der Waals surface area contributed by atoms with Gasteiger partial charge in [-0.1, -0.05) is 6.07 Å². The van der Waals surface area contributed by atoms with E-state index in [0.717, 1.165) is 5.56 Å². The highest BCUT2D eigenvalue weighted by Gasteiger charge is 2.18. The van der Waals surface area contributed by atoms with Crippen LogP contribution in [-0.2, 0) is 10.0 Å². The van der Waals surface area contributed by atoms with Crippen LogP contribution >= 0.6 is 15.9 Å². The molecule has 0 radical (unpaired) electrons. The number of hydrogen-bond acceptors (Lipinski definition) is 3. The number of benzene rings is 2. The van der Waals surface area contributed by atoms with E-state index < -0.39 is 10.0 Å². The summed E-state index contributed by atoms with van der Waals surface area (Å²) in [7, 11) is -3.70. The summed E-state index contributed by atoms with van der Waals surface area (Å²) < 4.78 is 28.2. The Morgan fingerprint density at radius 1 is 1.14 bits per heavy atom. The SMILES string of the molecule is Cc1ccc(Br)c(NS(=O)(=O)c2ccc(C#N)cc2C)c1. The van der Waals surface area contributed by atoms with Crippen molar-refractivity contribution in [1.29, 1.82) is 5.26 Å². The molecule has 0 atom stereocenters. The van der Waals surface area contributed by atoms with Gasteiger partial charge in [-0.3, -0.25) is 4.72 Å². The van der Waals surface area contributed by atoms with Crippen molar-refractivity contribution in [3.05, 3.63) is 57.6 Å². The molecule has 4 nitrogen and oxygen atoms in total. The highest BCUT2D eigenvalue weighted by molar-refractivity contribution is 9.10. The van der Waals surface area contributed by atoms with Gasteiger partial charge in [-0.05, 0) is 71.2 Å². The number of rotatable bonds is 3. The van der Waals surface area contributed by atoms with Crippen molar-refractivity contribution in [1.82, 2.24) is 0 Å². The third kappa shape index (κ3) is 3.43. The van der Waals surface area contributed by atoms with Crippen LogP contribution in [0.5, 0.6) is 0 Å². The Morgan fingerprint density at radius 2 is 1.86 bits per heavy atom. The molecule has 0 amide bonds. The summed E-state index contributed by atoms with van der Waals surface area (Å²) in [6.45, 7) is 3.55. The van der Waals surface area contributed by atoms with E-state index in [9.17, 15) is 8.42 Å². The normalized spacial score (nSPS) is 11.0. The molecule has 0 saturated carbocycles. The predicted octanol–water partition coefficient (Wildman–Crippen LogP) is 3.74. The molecule has 6 heteroatoms. The number of hydrogen-bond donors (Lipinski definition) is 1. The van der Waals surface area contributed by atoms with Crippen LogP contribution in [-0.4, -0.2) is 8.42 Å². The lowest BCUT2D eigenvalue weighted by molar-refractivity contribution is 0.600. The molecule has 0 aliphatic carbocycles. The van der Waals surface area contributed by atoms with Gasteiger partial charge >= 0.3 is 0 Å². The van der Waals surface area contributed by atoms with Crippen LogP contribution < -0.4 is 4.72 Å². The van der Waals surface area contributed by atoms with Crippen molar-refractivity contribution in [2.75, 3.05) is 4.72 Å². The lowest BCUT2D eigenvalue weighted by Crippen LogP contribution is -2.14. The molecule has 2 aromatic carbocycles. The smallest absolute Gasteiger partial charge is 0.262 e. The van der Waals surface area contributed by atoms with E-state index in [0.29, 0.717) is 21.3 Å². The van der Waals surface area contributed by atoms with Crippen molar-refractivity contribution in [2.24, 2.45) is 0 Å². The van der Waals surface area contributed by atoms with Gasteiger partial charge in [0.1, 0.15) is 0 Å². The molecule has 0 unspecified atom stereocenters. The number of halogens is 1. The monoisotopic (exact) mass is 364 g/mol. The Bertz CT molecular complexity index is 839. The van der Waals surface area contributed by atoms with Crippen molar-refractivity contribution in [2.45, 2.75) is 18.7 Å². The van der Waals surface area contributed by atoms with E-state index in [1.54, 1.807) is 25.1 Å². The highest BCUT2D eigenvalue weighted by Crippen LogP contribution is 2.27. The largest absolute Gasteiger partial charge is 0.278 e. The van der Waals surface area contributed by atoms with E-state index in [2.05, 4.69) is 20.7 Å². The minimum absolute atomic E-state index is 0.162. The summed E-state index contributed by atoms with van der Waals surface area (Å²) in [5, 5.41) is 8.84. The van der Waals surface area contributed by atoms with Crippen molar-refractivity contribution < 1.29 is 8.42 Å². The van der Waals surface area contributed by atoms with Gasteiger partial charge in [-0.2, -0.15) is 5.26 Å². The molecule has 0 fully saturated rings. The van der Waals surface area contributed by atoms with E-state index in [-0.39, 0.29) is 4.90 Å². The molecule has 0 aliphatic heterocycles. The predicted molar refractivity (Wildman–Crippen MR) is 85.6 cm³/mol. The quantitative estimate of drug-likeness (QED) is 0.901. The molecular weight excluding hydrogens is 352 g/mol. The summed E-state index contributed by atoms with van der Waals surface area (Å²) in [6.07, 6.45) is 0. The second-order valence-electron chi connectivity index (χ2n) is 4.68. The summed E-state index contributed by atoms with van der Waals surface area (Å²) in [5.41, 5.74) is 2.40. The molecule has 0 bridgehead atoms. The summed E-state index contributed by atoms with van der Waals surface area (Å²) in [6, 6.07) is 11.9. The zero-order chi connectivity index (χ0) is 15.6. The fraction of sp³-hybridized carbons (Fsp3) is 0.133. The van der Waals surface area contributed by atoms with Gasteiger partial charge in [0.05, 0.1) is 22.2 Å². The summed E-state index contributed by atoms with van der Waals surface area (Å²) in [4.78, 5) is 0.162. The van der Waals surface area contributed by atoms with E-state index in [4.69, 9.17) is 5.26 Å². The maximum absolute atomic E-state index is 12.5. The standard InChI is InChI=1S/C15H13BrN2O2S/c1-10-3-5-13(16)14(7-10)18-21(19,20)15-6-4-12(9-17)8-11(15)2/h3-8,18H,1-2H3. The van der Waals surface area contributed by atoms with Crippen LogP contribution in [0.25, 0.3) is 0 Å². The van der Waals surface area contributed by atoms with Crippen LogP contribution in [0.1, 0.15) is 16.7 Å². The van der Waals surface area contributed by atoms with E-state index in [1.807, 2.05) is 19.1 Å². The van der Waals surface area contributed by atoms with Crippen molar-refractivity contribution >= 4 is 31.6 Å². The number of nitrogens with one attached hydrogen (secondary N) is 1. The van der Waals surface area contributed by atoms with Gasteiger partial charge in [0.25, 0.3) is 10.0 Å². The van der Waals surface area contributed by atoms with Crippen LogP contribution in [0.2, 0.25) is 0 Å². The third-order valence-electron chi connectivity index (χ3n) is 2.96. The van der Waals surface area contributed by atoms with Crippen LogP contribution in [0, 0.1) is 25.2 Å². The Balaban J connectivity index is 2.44. The summed E-state index contributed by atoms with van der Waals surface area (Å²) in [5.74, 6) is 0. The number of nitriles is 1. The number of nitrogens with zero attached hydrogens (tertiary/aromatic N) is 1. The molecule has 0 saturated heterocycles. The first-order chi connectivity index (χ1) is 9.83. The molecular formula is C15H13BrN2O2S. The topological polar surface area (TPSA) is 70.0 Å². The van der Waals surface area contributed by atoms with Gasteiger partial charge < -0.3 is 0 Å². The Kier molecular flexibility index (Phi) is 4.35. The molecule has 2 aromatic rings. The lowest BCUT2D eigenvalue weighted by atomic mass is 10.2.